The number of aliphatic imine (C=N–C) groups is 1. The topological polar surface area (TPSA) is 232 Å². The van der Waals surface area contributed by atoms with E-state index < -0.39 is 42.0 Å². The minimum Gasteiger partial charge on any atom is -0.480 e. The molecule has 0 aromatic heterocycles. The molecule has 5 atom stereocenters. The van der Waals surface area contributed by atoms with E-state index in [-0.39, 0.29) is 24.2 Å². The first-order valence-corrected chi connectivity index (χ1v) is 12.7. The number of amides is 3. The summed E-state index contributed by atoms with van der Waals surface area (Å²) in [5.74, 6) is -2.73. The first kappa shape index (κ1) is 31.1. The lowest BCUT2D eigenvalue weighted by atomic mass is 9.96. The molecule has 11 N–H and O–H groups in total. The smallest absolute Gasteiger partial charge is 0.326 e. The van der Waals surface area contributed by atoms with Gasteiger partial charge in [-0.05, 0) is 57.4 Å². The number of nitrogens with two attached hydrogens (primary N) is 4. The van der Waals surface area contributed by atoms with Crippen molar-refractivity contribution in [2.75, 3.05) is 19.6 Å². The molecule has 0 bridgehead atoms. The fraction of sp³-hybridized carbons (Fsp3) is 0.783. The van der Waals surface area contributed by atoms with Gasteiger partial charge in [-0.3, -0.25) is 19.4 Å². The maximum absolute atomic E-state index is 13.5. The summed E-state index contributed by atoms with van der Waals surface area (Å²) in [5.41, 5.74) is 22.1. The van der Waals surface area contributed by atoms with Crippen molar-refractivity contribution in [3.8, 4) is 0 Å². The van der Waals surface area contributed by atoms with Crippen molar-refractivity contribution in [1.82, 2.24) is 15.5 Å². The number of guanidine groups is 1. The molecule has 0 aliphatic carbocycles. The molecule has 0 aromatic carbocycles. The highest BCUT2D eigenvalue weighted by Crippen LogP contribution is 2.22. The van der Waals surface area contributed by atoms with Crippen LogP contribution in [0.3, 0.4) is 0 Å². The van der Waals surface area contributed by atoms with Gasteiger partial charge < -0.3 is 43.6 Å². The van der Waals surface area contributed by atoms with Crippen LogP contribution in [0.1, 0.15) is 65.2 Å². The van der Waals surface area contributed by atoms with E-state index in [9.17, 15) is 24.3 Å². The molecule has 5 unspecified atom stereocenters. The molecular formula is C23H44N8O5. The minimum absolute atomic E-state index is 0.0371. The zero-order chi connectivity index (χ0) is 27.3. The summed E-state index contributed by atoms with van der Waals surface area (Å²) in [6.45, 7) is 4.86. The monoisotopic (exact) mass is 512 g/mol. The second kappa shape index (κ2) is 15.9. The van der Waals surface area contributed by atoms with E-state index in [1.807, 2.05) is 13.8 Å². The van der Waals surface area contributed by atoms with E-state index in [4.69, 9.17) is 22.9 Å². The van der Waals surface area contributed by atoms with Crippen LogP contribution < -0.4 is 33.6 Å². The molecule has 1 heterocycles. The normalized spacial score (nSPS) is 18.6. The van der Waals surface area contributed by atoms with Crippen molar-refractivity contribution in [2.45, 2.75) is 89.4 Å². The average molecular weight is 513 g/mol. The maximum Gasteiger partial charge on any atom is 0.326 e. The number of unbranched alkanes of at least 4 members (excludes halogenated alkanes) is 1. The van der Waals surface area contributed by atoms with Gasteiger partial charge in [0, 0.05) is 13.1 Å². The Morgan fingerprint density at radius 1 is 1.11 bits per heavy atom. The van der Waals surface area contributed by atoms with Crippen LogP contribution in [0.5, 0.6) is 0 Å². The van der Waals surface area contributed by atoms with Crippen molar-refractivity contribution in [2.24, 2.45) is 33.8 Å². The SMILES string of the molecule is CCC(C)C(NC(=O)C(N)CCCN=C(N)N)C(=O)N1CCCC1C(=O)NC(CCCCN)C(=O)O. The third kappa shape index (κ3) is 9.97. The standard InChI is InChI=1S/C23H44N8O5/c1-3-14(2)18(30-19(32)15(25)8-6-12-28-23(26)27)21(34)31-13-7-10-17(31)20(33)29-16(22(35)36)9-4-5-11-24/h14-18H,3-13,24-25H2,1-2H3,(H,29,33)(H,30,32)(H,35,36)(H4,26,27,28). The summed E-state index contributed by atoms with van der Waals surface area (Å²) in [6.07, 6.45) is 3.93. The van der Waals surface area contributed by atoms with E-state index in [0.29, 0.717) is 64.6 Å². The molecule has 3 amide bonds. The van der Waals surface area contributed by atoms with Gasteiger partial charge in [-0.25, -0.2) is 4.79 Å². The third-order valence-corrected chi connectivity index (χ3v) is 6.48. The van der Waals surface area contributed by atoms with Crippen LogP contribution in [0, 0.1) is 5.92 Å². The highest BCUT2D eigenvalue weighted by atomic mass is 16.4. The maximum atomic E-state index is 13.5. The number of carbonyl (C=O) groups is 4. The minimum atomic E-state index is -1.13. The van der Waals surface area contributed by atoms with E-state index in [1.54, 1.807) is 0 Å². The van der Waals surface area contributed by atoms with Crippen LogP contribution in [0.2, 0.25) is 0 Å². The number of carboxylic acids is 1. The quantitative estimate of drug-likeness (QED) is 0.0729. The first-order chi connectivity index (χ1) is 17.0. The Labute approximate surface area is 212 Å². The zero-order valence-electron chi connectivity index (χ0n) is 21.4. The van der Waals surface area contributed by atoms with Crippen molar-refractivity contribution in [3.05, 3.63) is 0 Å². The van der Waals surface area contributed by atoms with Gasteiger partial charge in [0.25, 0.3) is 0 Å². The van der Waals surface area contributed by atoms with Crippen LogP contribution in [0.25, 0.3) is 0 Å². The lowest BCUT2D eigenvalue weighted by Crippen LogP contribution is -2.58. The van der Waals surface area contributed by atoms with Crippen LogP contribution in [0.15, 0.2) is 4.99 Å². The Balaban J connectivity index is 2.87. The summed E-state index contributed by atoms with van der Waals surface area (Å²) in [7, 11) is 0. The predicted molar refractivity (Wildman–Crippen MR) is 136 cm³/mol. The fourth-order valence-corrected chi connectivity index (χ4v) is 4.09. The molecule has 0 spiro atoms. The molecule has 1 aliphatic heterocycles. The number of carbonyl (C=O) groups excluding carboxylic acids is 3. The van der Waals surface area contributed by atoms with Gasteiger partial charge in [0.05, 0.1) is 6.04 Å². The van der Waals surface area contributed by atoms with Crippen molar-refractivity contribution < 1.29 is 24.3 Å². The number of nitrogens with zero attached hydrogens (tertiary/aromatic N) is 2. The largest absolute Gasteiger partial charge is 0.480 e. The molecule has 1 fully saturated rings. The lowest BCUT2D eigenvalue weighted by Gasteiger charge is -2.32. The molecule has 13 nitrogen and oxygen atoms in total. The van der Waals surface area contributed by atoms with Gasteiger partial charge in [-0.2, -0.15) is 0 Å². The Kier molecular flexibility index (Phi) is 13.8. The molecule has 13 heteroatoms. The number of aliphatic carboxylic acids is 1. The Morgan fingerprint density at radius 2 is 1.81 bits per heavy atom. The second-order valence-corrected chi connectivity index (χ2v) is 9.30. The highest BCUT2D eigenvalue weighted by Gasteiger charge is 2.40. The molecular weight excluding hydrogens is 468 g/mol. The summed E-state index contributed by atoms with van der Waals surface area (Å²) in [6, 6.07) is -3.56. The predicted octanol–water partition coefficient (Wildman–Crippen LogP) is -1.41. The van der Waals surface area contributed by atoms with Crippen molar-refractivity contribution in [3.63, 3.8) is 0 Å². The molecule has 0 aromatic rings. The molecule has 0 radical (unpaired) electrons. The fourth-order valence-electron chi connectivity index (χ4n) is 4.09. The van der Waals surface area contributed by atoms with E-state index in [1.165, 1.54) is 4.90 Å². The Bertz CT molecular complexity index is 774. The van der Waals surface area contributed by atoms with Gasteiger partial charge in [0.1, 0.15) is 18.1 Å². The number of nitrogens with one attached hydrogen (secondary N) is 2. The average Bonchev–Trinajstić information content (AvgIpc) is 3.33. The number of hydrogen-bond donors (Lipinski definition) is 7. The van der Waals surface area contributed by atoms with Gasteiger partial charge in [0.2, 0.25) is 17.7 Å². The summed E-state index contributed by atoms with van der Waals surface area (Å²) >= 11 is 0. The van der Waals surface area contributed by atoms with Crippen LogP contribution in [0.4, 0.5) is 0 Å². The van der Waals surface area contributed by atoms with E-state index in [0.717, 1.165) is 0 Å². The van der Waals surface area contributed by atoms with Crippen molar-refractivity contribution >= 4 is 29.7 Å². The molecule has 1 rings (SSSR count). The van der Waals surface area contributed by atoms with Crippen LogP contribution >= 0.6 is 0 Å². The van der Waals surface area contributed by atoms with Gasteiger partial charge in [0.15, 0.2) is 5.96 Å². The summed E-state index contributed by atoms with van der Waals surface area (Å²) < 4.78 is 0. The second-order valence-electron chi connectivity index (χ2n) is 9.30. The first-order valence-electron chi connectivity index (χ1n) is 12.7. The number of likely N-dealkylation sites (tertiary alicyclic amines) is 1. The van der Waals surface area contributed by atoms with Crippen LogP contribution in [-0.2, 0) is 19.2 Å². The highest BCUT2D eigenvalue weighted by molar-refractivity contribution is 5.94. The van der Waals surface area contributed by atoms with E-state index >= 15 is 0 Å². The molecule has 36 heavy (non-hydrogen) atoms. The van der Waals surface area contributed by atoms with Gasteiger partial charge in [-0.1, -0.05) is 20.3 Å². The third-order valence-electron chi connectivity index (χ3n) is 6.48. The summed E-state index contributed by atoms with van der Waals surface area (Å²) in [5, 5.41) is 14.8. The zero-order valence-corrected chi connectivity index (χ0v) is 21.4. The number of hydrogen-bond acceptors (Lipinski definition) is 7. The summed E-state index contributed by atoms with van der Waals surface area (Å²) in [4.78, 5) is 56.1. The molecule has 206 valence electrons. The van der Waals surface area contributed by atoms with Gasteiger partial charge >= 0.3 is 5.97 Å². The number of rotatable bonds is 16. The molecule has 0 saturated carbocycles. The van der Waals surface area contributed by atoms with E-state index in [2.05, 4.69) is 15.6 Å². The lowest BCUT2D eigenvalue weighted by molar-refractivity contribution is -0.145. The molecule has 1 aliphatic rings. The van der Waals surface area contributed by atoms with Gasteiger partial charge in [-0.15, -0.1) is 0 Å². The Hall–Kier alpha value is -2.93. The Morgan fingerprint density at radius 3 is 2.39 bits per heavy atom. The number of carboxylic acid groups (broad SMARTS) is 1. The van der Waals surface area contributed by atoms with Crippen molar-refractivity contribution in [1.29, 1.82) is 0 Å². The molecule has 1 saturated heterocycles. The van der Waals surface area contributed by atoms with Crippen LogP contribution in [-0.4, -0.2) is 83.5 Å².